The highest BCUT2D eigenvalue weighted by molar-refractivity contribution is 14.1. The van der Waals surface area contributed by atoms with Gasteiger partial charge in [0, 0.05) is 13.6 Å². The van der Waals surface area contributed by atoms with E-state index >= 15 is 0 Å². The zero-order valence-corrected chi connectivity index (χ0v) is 19.2. The second kappa shape index (κ2) is 9.56. The number of carbonyl (C=O) groups excluding carboxylic acids is 1. The summed E-state index contributed by atoms with van der Waals surface area (Å²) >= 11 is 5.70. The van der Waals surface area contributed by atoms with Crippen LogP contribution in [0.25, 0.3) is 6.08 Å². The molecule has 0 saturated heterocycles. The summed E-state index contributed by atoms with van der Waals surface area (Å²) in [5.41, 5.74) is 1.76. The van der Waals surface area contributed by atoms with Gasteiger partial charge in [0.2, 0.25) is 5.90 Å². The van der Waals surface area contributed by atoms with Crippen LogP contribution >= 0.6 is 38.5 Å². The minimum absolute atomic E-state index is 0.242. The van der Waals surface area contributed by atoms with Gasteiger partial charge in [-0.15, -0.1) is 0 Å². The third-order valence-corrected chi connectivity index (χ3v) is 6.37. The van der Waals surface area contributed by atoms with Crippen LogP contribution in [0.3, 0.4) is 0 Å². The monoisotopic (exact) mass is 555 g/mol. The number of esters is 1. The van der Waals surface area contributed by atoms with Gasteiger partial charge in [0.1, 0.15) is 0 Å². The van der Waals surface area contributed by atoms with Crippen molar-refractivity contribution in [3.05, 3.63) is 61.3 Å². The van der Waals surface area contributed by atoms with Crippen molar-refractivity contribution in [2.75, 3.05) is 13.7 Å². The Labute approximate surface area is 186 Å². The van der Waals surface area contributed by atoms with Crippen LogP contribution < -0.4 is 9.47 Å². The number of aliphatic imine (C=N–C) groups is 1. The average molecular weight is 556 g/mol. The Morgan fingerprint density at radius 1 is 1.21 bits per heavy atom. The number of ether oxygens (including phenoxy) is 3. The average Bonchev–Trinajstić information content (AvgIpc) is 3.05. The number of hydrogen-bond donors (Lipinski definition) is 0. The van der Waals surface area contributed by atoms with E-state index in [1.54, 1.807) is 13.2 Å². The van der Waals surface area contributed by atoms with Gasteiger partial charge in [-0.05, 0) is 86.9 Å². The Kier molecular flexibility index (Phi) is 7.12. The maximum atomic E-state index is 12.2. The van der Waals surface area contributed by atoms with E-state index in [1.807, 2.05) is 36.4 Å². The molecule has 3 rings (SSSR count). The Bertz CT molecular complexity index is 955. The van der Waals surface area contributed by atoms with E-state index in [4.69, 9.17) is 14.2 Å². The van der Waals surface area contributed by atoms with Crippen molar-refractivity contribution in [3.63, 3.8) is 0 Å². The number of halogens is 2. The molecule has 0 radical (unpaired) electrons. The number of rotatable bonds is 7. The number of benzene rings is 2. The highest BCUT2D eigenvalue weighted by atomic mass is 127. The minimum atomic E-state index is -0.480. The maximum absolute atomic E-state index is 12.2. The molecule has 0 N–H and O–H groups in total. The first-order valence-corrected chi connectivity index (χ1v) is 10.7. The maximum Gasteiger partial charge on any atom is 0.363 e. The van der Waals surface area contributed by atoms with E-state index in [9.17, 15) is 4.79 Å². The van der Waals surface area contributed by atoms with Crippen molar-refractivity contribution >= 4 is 56.5 Å². The molecule has 0 aromatic heterocycles. The number of unbranched alkanes of at least 4 members (excludes halogenated alkanes) is 1. The van der Waals surface area contributed by atoms with Crippen LogP contribution in [0.5, 0.6) is 11.5 Å². The van der Waals surface area contributed by atoms with Crippen molar-refractivity contribution < 1.29 is 19.0 Å². The lowest BCUT2D eigenvalue weighted by Crippen LogP contribution is -2.05. The molecular weight excluding hydrogens is 537 g/mol. The molecule has 2 aromatic rings. The number of hydrogen-bond acceptors (Lipinski definition) is 5. The second-order valence-electron chi connectivity index (χ2n) is 6.08. The van der Waals surface area contributed by atoms with Gasteiger partial charge in [0.15, 0.2) is 17.2 Å². The summed E-state index contributed by atoms with van der Waals surface area (Å²) in [5, 5.41) is 0. The number of carbonyl (C=O) groups is 1. The number of nitrogens with zero attached hydrogens (tertiary/aromatic N) is 1. The summed E-state index contributed by atoms with van der Waals surface area (Å²) in [6.45, 7) is 2.75. The molecule has 0 aliphatic carbocycles. The fraction of sp³-hybridized carbons (Fsp3) is 0.238. The first kappa shape index (κ1) is 20.9. The molecule has 0 saturated carbocycles. The van der Waals surface area contributed by atoms with Crippen molar-refractivity contribution in [2.45, 2.75) is 19.8 Å². The van der Waals surface area contributed by atoms with E-state index in [2.05, 4.69) is 50.4 Å². The zero-order chi connectivity index (χ0) is 20.1. The lowest BCUT2D eigenvalue weighted by molar-refractivity contribution is -0.129. The summed E-state index contributed by atoms with van der Waals surface area (Å²) in [4.78, 5) is 16.6. The van der Waals surface area contributed by atoms with E-state index in [1.165, 1.54) is 0 Å². The largest absolute Gasteiger partial charge is 0.493 e. The molecule has 1 aliphatic rings. The molecule has 146 valence electrons. The summed E-state index contributed by atoms with van der Waals surface area (Å²) < 4.78 is 18.5. The second-order valence-corrected chi connectivity index (χ2v) is 8.09. The van der Waals surface area contributed by atoms with Gasteiger partial charge in [0.25, 0.3) is 0 Å². The van der Waals surface area contributed by atoms with Gasteiger partial charge < -0.3 is 14.2 Å². The van der Waals surface area contributed by atoms with Gasteiger partial charge in [-0.1, -0.05) is 19.4 Å². The molecule has 28 heavy (non-hydrogen) atoms. The zero-order valence-electron chi connectivity index (χ0n) is 15.5. The SMILES string of the molecule is CCCCOc1ccc(/C=C2\N=C(c3ccc(I)c(Br)c3)OC2=O)cc1OC. The first-order valence-electron chi connectivity index (χ1n) is 8.80. The van der Waals surface area contributed by atoms with Crippen LogP contribution in [0.15, 0.2) is 51.6 Å². The molecule has 0 atom stereocenters. The predicted molar refractivity (Wildman–Crippen MR) is 121 cm³/mol. The molecule has 2 aromatic carbocycles. The normalized spacial score (nSPS) is 14.8. The first-order chi connectivity index (χ1) is 13.5. The van der Waals surface area contributed by atoms with Crippen LogP contribution in [-0.2, 0) is 9.53 Å². The van der Waals surface area contributed by atoms with E-state index < -0.39 is 5.97 Å². The van der Waals surface area contributed by atoms with Crippen LogP contribution in [0.1, 0.15) is 30.9 Å². The summed E-state index contributed by atoms with van der Waals surface area (Å²) in [6, 6.07) is 11.2. The van der Waals surface area contributed by atoms with Gasteiger partial charge in [-0.2, -0.15) is 0 Å². The quantitative estimate of drug-likeness (QED) is 0.193. The van der Waals surface area contributed by atoms with Crippen LogP contribution in [0, 0.1) is 3.57 Å². The van der Waals surface area contributed by atoms with Gasteiger partial charge in [0.05, 0.1) is 13.7 Å². The molecule has 0 spiro atoms. The molecule has 1 heterocycles. The number of methoxy groups -OCH3 is 1. The molecule has 0 unspecified atom stereocenters. The molecular formula is C21H19BrINO4. The highest BCUT2D eigenvalue weighted by Crippen LogP contribution is 2.30. The van der Waals surface area contributed by atoms with Gasteiger partial charge in [-0.25, -0.2) is 9.79 Å². The fourth-order valence-electron chi connectivity index (χ4n) is 2.54. The topological polar surface area (TPSA) is 57.1 Å². The Morgan fingerprint density at radius 2 is 2.04 bits per heavy atom. The van der Waals surface area contributed by atoms with E-state index in [0.717, 1.165) is 32.0 Å². The molecule has 7 heteroatoms. The summed E-state index contributed by atoms with van der Waals surface area (Å²) in [7, 11) is 1.59. The molecule has 0 amide bonds. The van der Waals surface area contributed by atoms with Crippen molar-refractivity contribution in [1.29, 1.82) is 0 Å². The van der Waals surface area contributed by atoms with Crippen molar-refractivity contribution in [3.8, 4) is 11.5 Å². The highest BCUT2D eigenvalue weighted by Gasteiger charge is 2.24. The molecule has 0 bridgehead atoms. The predicted octanol–water partition coefficient (Wildman–Crippen LogP) is 5.59. The molecule has 1 aliphatic heterocycles. The lowest BCUT2D eigenvalue weighted by atomic mass is 10.1. The fourth-order valence-corrected chi connectivity index (χ4v) is 3.25. The van der Waals surface area contributed by atoms with Crippen LogP contribution in [-0.4, -0.2) is 25.6 Å². The smallest absolute Gasteiger partial charge is 0.363 e. The Balaban J connectivity index is 1.84. The van der Waals surface area contributed by atoms with Crippen LogP contribution in [0.2, 0.25) is 0 Å². The summed E-state index contributed by atoms with van der Waals surface area (Å²) in [5.74, 6) is 1.11. The molecule has 0 fully saturated rings. The van der Waals surface area contributed by atoms with Crippen molar-refractivity contribution in [2.24, 2.45) is 4.99 Å². The Hall–Kier alpha value is -1.87. The number of cyclic esters (lactones) is 1. The van der Waals surface area contributed by atoms with Gasteiger partial charge in [-0.3, -0.25) is 0 Å². The molecule has 5 nitrogen and oxygen atoms in total. The van der Waals surface area contributed by atoms with E-state index in [-0.39, 0.29) is 5.70 Å². The van der Waals surface area contributed by atoms with Crippen molar-refractivity contribution in [1.82, 2.24) is 0 Å². The Morgan fingerprint density at radius 3 is 2.75 bits per heavy atom. The minimum Gasteiger partial charge on any atom is -0.493 e. The third-order valence-electron chi connectivity index (χ3n) is 4.03. The van der Waals surface area contributed by atoms with Gasteiger partial charge >= 0.3 is 5.97 Å². The standard InChI is InChI=1S/C21H19BrINO4/c1-3-4-9-27-18-8-5-13(11-19(18)26-2)10-17-21(25)28-20(24-17)14-6-7-16(23)15(22)12-14/h5-8,10-12H,3-4,9H2,1-2H3/b17-10-. The van der Waals surface area contributed by atoms with Crippen LogP contribution in [0.4, 0.5) is 0 Å². The lowest BCUT2D eigenvalue weighted by Gasteiger charge is -2.10. The third kappa shape index (κ3) is 4.94. The summed E-state index contributed by atoms with van der Waals surface area (Å²) in [6.07, 6.45) is 3.72. The van der Waals surface area contributed by atoms with E-state index in [0.29, 0.717) is 24.0 Å².